The Morgan fingerprint density at radius 1 is 1.47 bits per heavy atom. The molecule has 0 fully saturated rings. The molecule has 0 aliphatic heterocycles. The second-order valence-corrected chi connectivity index (χ2v) is 6.06. The Labute approximate surface area is 128 Å². The van der Waals surface area contributed by atoms with Crippen LogP contribution < -0.4 is 0 Å². The predicted octanol–water partition coefficient (Wildman–Crippen LogP) is 4.54. The quantitative estimate of drug-likeness (QED) is 0.559. The van der Waals surface area contributed by atoms with Gasteiger partial charge in [0.1, 0.15) is 5.15 Å². The topological polar surface area (TPSA) is 33.2 Å². The van der Waals surface area contributed by atoms with E-state index in [-0.39, 0.29) is 17.1 Å². The molecule has 0 aliphatic carbocycles. The van der Waals surface area contributed by atoms with Crippen molar-refractivity contribution in [1.29, 1.82) is 0 Å². The Balaban J connectivity index is 2.89. The number of rotatable bonds is 6. The standard InChI is InChI=1S/C14H20BrClN2O/c1-4-5-6-7-18(10(2)3)14(19)12-8-11(15)9-17-13(12)16/h8-10H,4-7H2,1-3H3. The summed E-state index contributed by atoms with van der Waals surface area (Å²) in [6, 6.07) is 1.88. The second-order valence-electron chi connectivity index (χ2n) is 4.79. The zero-order chi connectivity index (χ0) is 14.4. The third-order valence-electron chi connectivity index (χ3n) is 2.92. The molecular weight excluding hydrogens is 328 g/mol. The van der Waals surface area contributed by atoms with Crippen molar-refractivity contribution in [3.63, 3.8) is 0 Å². The molecule has 1 aromatic rings. The van der Waals surface area contributed by atoms with Crippen molar-refractivity contribution in [2.24, 2.45) is 0 Å². The summed E-state index contributed by atoms with van der Waals surface area (Å²) in [7, 11) is 0. The maximum atomic E-state index is 12.5. The number of nitrogens with zero attached hydrogens (tertiary/aromatic N) is 2. The Hall–Kier alpha value is -0.610. The number of pyridine rings is 1. The van der Waals surface area contributed by atoms with E-state index in [4.69, 9.17) is 11.6 Å². The minimum absolute atomic E-state index is 0.0510. The van der Waals surface area contributed by atoms with E-state index in [2.05, 4.69) is 27.8 Å². The summed E-state index contributed by atoms with van der Waals surface area (Å²) in [5.74, 6) is -0.0510. The molecule has 0 unspecified atom stereocenters. The molecule has 0 aliphatic rings. The molecule has 0 bridgehead atoms. The van der Waals surface area contributed by atoms with E-state index in [1.54, 1.807) is 12.3 Å². The molecule has 1 amide bonds. The van der Waals surface area contributed by atoms with E-state index >= 15 is 0 Å². The monoisotopic (exact) mass is 346 g/mol. The lowest BCUT2D eigenvalue weighted by atomic mass is 10.1. The molecular formula is C14H20BrClN2O. The van der Waals surface area contributed by atoms with Crippen molar-refractivity contribution in [2.75, 3.05) is 6.54 Å². The Morgan fingerprint density at radius 3 is 2.74 bits per heavy atom. The summed E-state index contributed by atoms with van der Waals surface area (Å²) in [5, 5.41) is 0.259. The van der Waals surface area contributed by atoms with Crippen molar-refractivity contribution in [1.82, 2.24) is 9.88 Å². The average Bonchev–Trinajstić information content (AvgIpc) is 2.36. The number of halogens is 2. The zero-order valence-electron chi connectivity index (χ0n) is 11.6. The van der Waals surface area contributed by atoms with Gasteiger partial charge in [-0.25, -0.2) is 4.98 Å². The molecule has 1 rings (SSSR count). The van der Waals surface area contributed by atoms with Gasteiger partial charge in [-0.1, -0.05) is 31.4 Å². The van der Waals surface area contributed by atoms with Gasteiger partial charge in [-0.05, 0) is 42.3 Å². The third-order valence-corrected chi connectivity index (χ3v) is 3.66. The van der Waals surface area contributed by atoms with Crippen LogP contribution in [0.25, 0.3) is 0 Å². The summed E-state index contributed by atoms with van der Waals surface area (Å²) < 4.78 is 0.762. The van der Waals surface area contributed by atoms with Crippen LogP contribution in [0.3, 0.4) is 0 Å². The van der Waals surface area contributed by atoms with Crippen LogP contribution in [0.15, 0.2) is 16.7 Å². The van der Waals surface area contributed by atoms with Crippen LogP contribution >= 0.6 is 27.5 Å². The van der Waals surface area contributed by atoms with E-state index in [1.807, 2.05) is 18.7 Å². The molecule has 106 valence electrons. The SMILES string of the molecule is CCCCCN(C(=O)c1cc(Br)cnc1Cl)C(C)C. The number of aromatic nitrogens is 1. The van der Waals surface area contributed by atoms with E-state index in [0.717, 1.165) is 30.3 Å². The maximum Gasteiger partial charge on any atom is 0.257 e. The summed E-state index contributed by atoms with van der Waals surface area (Å²) >= 11 is 9.34. The Morgan fingerprint density at radius 2 is 2.16 bits per heavy atom. The first-order chi connectivity index (χ1) is 8.97. The second kappa shape index (κ2) is 7.85. The van der Waals surface area contributed by atoms with Crippen LogP contribution in [-0.4, -0.2) is 28.4 Å². The molecule has 0 N–H and O–H groups in total. The van der Waals surface area contributed by atoms with Gasteiger partial charge in [-0.2, -0.15) is 0 Å². The summed E-state index contributed by atoms with van der Waals surface area (Å²) in [5.41, 5.74) is 0.459. The van der Waals surface area contributed by atoms with E-state index in [0.29, 0.717) is 5.56 Å². The first-order valence-corrected chi connectivity index (χ1v) is 7.76. The molecule has 1 aromatic heterocycles. The molecule has 0 saturated heterocycles. The molecule has 19 heavy (non-hydrogen) atoms. The van der Waals surface area contributed by atoms with Crippen molar-refractivity contribution in [3.8, 4) is 0 Å². The van der Waals surface area contributed by atoms with Gasteiger partial charge in [0.25, 0.3) is 5.91 Å². The normalized spacial score (nSPS) is 10.8. The molecule has 3 nitrogen and oxygen atoms in total. The summed E-state index contributed by atoms with van der Waals surface area (Å²) in [4.78, 5) is 18.4. The van der Waals surface area contributed by atoms with Crippen LogP contribution in [-0.2, 0) is 0 Å². The lowest BCUT2D eigenvalue weighted by Gasteiger charge is -2.27. The fraction of sp³-hybridized carbons (Fsp3) is 0.571. The van der Waals surface area contributed by atoms with E-state index < -0.39 is 0 Å². The molecule has 0 aromatic carbocycles. The third kappa shape index (κ3) is 4.77. The lowest BCUT2D eigenvalue weighted by Crippen LogP contribution is -2.38. The van der Waals surface area contributed by atoms with Crippen LogP contribution in [0.5, 0.6) is 0 Å². The highest BCUT2D eigenvalue weighted by Crippen LogP contribution is 2.21. The number of unbranched alkanes of at least 4 members (excludes halogenated alkanes) is 2. The molecule has 0 atom stereocenters. The van der Waals surface area contributed by atoms with Gasteiger partial charge in [-0.3, -0.25) is 4.79 Å². The van der Waals surface area contributed by atoms with Crippen LogP contribution in [0, 0.1) is 0 Å². The molecule has 0 saturated carbocycles. The first kappa shape index (κ1) is 16.4. The lowest BCUT2D eigenvalue weighted by molar-refractivity contribution is 0.0702. The van der Waals surface area contributed by atoms with Gasteiger partial charge >= 0.3 is 0 Å². The van der Waals surface area contributed by atoms with Gasteiger partial charge in [-0.15, -0.1) is 0 Å². The Bertz CT molecular complexity index is 437. The predicted molar refractivity (Wildman–Crippen MR) is 82.6 cm³/mol. The first-order valence-electron chi connectivity index (χ1n) is 6.59. The molecule has 5 heteroatoms. The van der Waals surface area contributed by atoms with E-state index in [9.17, 15) is 4.79 Å². The van der Waals surface area contributed by atoms with Gasteiger partial charge in [0.05, 0.1) is 5.56 Å². The van der Waals surface area contributed by atoms with Crippen molar-refractivity contribution in [2.45, 2.75) is 46.1 Å². The van der Waals surface area contributed by atoms with Gasteiger partial charge in [0.15, 0.2) is 0 Å². The van der Waals surface area contributed by atoms with Crippen molar-refractivity contribution >= 4 is 33.4 Å². The largest absolute Gasteiger partial charge is 0.336 e. The number of hydrogen-bond acceptors (Lipinski definition) is 2. The van der Waals surface area contributed by atoms with Crippen LogP contribution in [0.1, 0.15) is 50.4 Å². The van der Waals surface area contributed by atoms with Gasteiger partial charge in [0, 0.05) is 23.3 Å². The minimum Gasteiger partial charge on any atom is -0.336 e. The highest BCUT2D eigenvalue weighted by Gasteiger charge is 2.21. The highest BCUT2D eigenvalue weighted by molar-refractivity contribution is 9.10. The van der Waals surface area contributed by atoms with Gasteiger partial charge in [0.2, 0.25) is 0 Å². The molecule has 0 spiro atoms. The average molecular weight is 348 g/mol. The van der Waals surface area contributed by atoms with E-state index in [1.165, 1.54) is 0 Å². The number of hydrogen-bond donors (Lipinski definition) is 0. The zero-order valence-corrected chi connectivity index (χ0v) is 14.0. The smallest absolute Gasteiger partial charge is 0.257 e. The molecule has 1 heterocycles. The van der Waals surface area contributed by atoms with Crippen LogP contribution in [0.2, 0.25) is 5.15 Å². The Kier molecular flexibility index (Phi) is 6.80. The fourth-order valence-electron chi connectivity index (χ4n) is 1.85. The maximum absolute atomic E-state index is 12.5. The van der Waals surface area contributed by atoms with Gasteiger partial charge < -0.3 is 4.90 Å². The number of carbonyl (C=O) groups excluding carboxylic acids is 1. The minimum atomic E-state index is -0.0510. The van der Waals surface area contributed by atoms with Crippen LogP contribution in [0.4, 0.5) is 0 Å². The fourth-order valence-corrected chi connectivity index (χ4v) is 2.37. The summed E-state index contributed by atoms with van der Waals surface area (Å²) in [6.07, 6.45) is 4.87. The molecule has 0 radical (unpaired) electrons. The number of amides is 1. The highest BCUT2D eigenvalue weighted by atomic mass is 79.9. The van der Waals surface area contributed by atoms with Crippen molar-refractivity contribution in [3.05, 3.63) is 27.5 Å². The number of carbonyl (C=O) groups is 1. The summed E-state index contributed by atoms with van der Waals surface area (Å²) in [6.45, 7) is 6.94. The van der Waals surface area contributed by atoms with Crippen molar-refractivity contribution < 1.29 is 4.79 Å².